The lowest BCUT2D eigenvalue weighted by Crippen LogP contribution is -2.38. The maximum atomic E-state index is 14.0. The normalized spacial score (nSPS) is 14.0. The van der Waals surface area contributed by atoms with E-state index in [1.165, 1.54) is 5.56 Å². The van der Waals surface area contributed by atoms with E-state index in [4.69, 9.17) is 33.0 Å². The molecule has 1 aromatic heterocycles. The van der Waals surface area contributed by atoms with Gasteiger partial charge in [0.2, 0.25) is 5.88 Å². The van der Waals surface area contributed by atoms with Crippen molar-refractivity contribution in [1.29, 1.82) is 0 Å². The maximum absolute atomic E-state index is 14.0. The maximum Gasteiger partial charge on any atom is 0.274 e. The third kappa shape index (κ3) is 6.30. The van der Waals surface area contributed by atoms with E-state index in [-0.39, 0.29) is 5.91 Å². The SMILES string of the molecule is CCCNCc1c(C(=O)N2CCC(c3ccccc3)CC2)nn(-c2ccccc2Cl)c1Oc1ccc(Cl)cc1. The summed E-state index contributed by atoms with van der Waals surface area (Å²) in [6.07, 6.45) is 2.79. The van der Waals surface area contributed by atoms with Gasteiger partial charge in [0.1, 0.15) is 5.75 Å². The van der Waals surface area contributed by atoms with Gasteiger partial charge in [0.25, 0.3) is 5.91 Å². The summed E-state index contributed by atoms with van der Waals surface area (Å²) in [5.74, 6) is 1.40. The number of carbonyl (C=O) groups excluding carboxylic acids is 1. The lowest BCUT2D eigenvalue weighted by molar-refractivity contribution is 0.0705. The van der Waals surface area contributed by atoms with Crippen molar-refractivity contribution in [3.8, 4) is 17.3 Å². The Balaban J connectivity index is 1.51. The molecule has 6 nitrogen and oxygen atoms in total. The minimum atomic E-state index is -0.0958. The number of amides is 1. The molecule has 0 spiro atoms. The molecule has 8 heteroatoms. The van der Waals surface area contributed by atoms with Crippen molar-refractivity contribution in [2.75, 3.05) is 19.6 Å². The second-order valence-electron chi connectivity index (χ2n) is 9.71. The highest BCUT2D eigenvalue weighted by molar-refractivity contribution is 6.32. The number of benzene rings is 3. The van der Waals surface area contributed by atoms with Crippen LogP contribution in [0.5, 0.6) is 11.6 Å². The van der Waals surface area contributed by atoms with Gasteiger partial charge in [0.05, 0.1) is 16.3 Å². The van der Waals surface area contributed by atoms with Crippen molar-refractivity contribution in [3.63, 3.8) is 0 Å². The van der Waals surface area contributed by atoms with Crippen LogP contribution in [-0.2, 0) is 6.54 Å². The van der Waals surface area contributed by atoms with Gasteiger partial charge < -0.3 is 15.0 Å². The lowest BCUT2D eigenvalue weighted by Gasteiger charge is -2.32. The molecule has 0 atom stereocenters. The molecule has 0 saturated carbocycles. The summed E-state index contributed by atoms with van der Waals surface area (Å²) in [6, 6.07) is 25.1. The van der Waals surface area contributed by atoms with Crippen molar-refractivity contribution in [2.24, 2.45) is 0 Å². The fourth-order valence-electron chi connectivity index (χ4n) is 4.95. The van der Waals surface area contributed by atoms with Crippen LogP contribution in [0.25, 0.3) is 5.69 Å². The minimum absolute atomic E-state index is 0.0958. The summed E-state index contributed by atoms with van der Waals surface area (Å²) in [5, 5.41) is 9.39. The molecule has 1 N–H and O–H groups in total. The van der Waals surface area contributed by atoms with E-state index in [2.05, 4.69) is 36.5 Å². The standard InChI is InChI=1S/C31H32Cl2N4O2/c1-2-18-34-21-26-29(30(38)36-19-16-23(17-20-36)22-8-4-3-5-9-22)35-37(28-11-7-6-10-27(28)33)31(26)39-25-14-12-24(32)13-15-25/h3-15,23,34H,2,16-21H2,1H3. The van der Waals surface area contributed by atoms with E-state index >= 15 is 0 Å². The van der Waals surface area contributed by atoms with Crippen LogP contribution in [-0.4, -0.2) is 40.2 Å². The van der Waals surface area contributed by atoms with E-state index in [1.807, 2.05) is 29.2 Å². The number of para-hydroxylation sites is 1. The number of rotatable bonds is 9. The lowest BCUT2D eigenvalue weighted by atomic mass is 9.89. The molecule has 3 aromatic carbocycles. The number of hydrogen-bond donors (Lipinski definition) is 1. The monoisotopic (exact) mass is 562 g/mol. The van der Waals surface area contributed by atoms with Crippen LogP contribution in [0.1, 0.15) is 53.7 Å². The van der Waals surface area contributed by atoms with Crippen LogP contribution in [0.4, 0.5) is 0 Å². The smallest absolute Gasteiger partial charge is 0.274 e. The van der Waals surface area contributed by atoms with Gasteiger partial charge >= 0.3 is 0 Å². The second kappa shape index (κ2) is 12.7. The number of carbonyl (C=O) groups is 1. The summed E-state index contributed by atoms with van der Waals surface area (Å²) in [7, 11) is 0. The quantitative estimate of drug-likeness (QED) is 0.215. The molecule has 5 rings (SSSR count). The first-order chi connectivity index (χ1) is 19.0. The predicted molar refractivity (Wildman–Crippen MR) is 156 cm³/mol. The summed E-state index contributed by atoms with van der Waals surface area (Å²) in [5.41, 5.74) is 3.05. The number of aromatic nitrogens is 2. The van der Waals surface area contributed by atoms with Gasteiger partial charge in [-0.3, -0.25) is 4.79 Å². The van der Waals surface area contributed by atoms with E-state index in [9.17, 15) is 4.79 Å². The zero-order valence-electron chi connectivity index (χ0n) is 21.9. The zero-order chi connectivity index (χ0) is 27.2. The Morgan fingerprint density at radius 2 is 1.67 bits per heavy atom. The number of likely N-dealkylation sites (tertiary alicyclic amines) is 1. The first kappa shape index (κ1) is 27.3. The molecule has 0 bridgehead atoms. The third-order valence-electron chi connectivity index (χ3n) is 7.03. The third-order valence-corrected chi connectivity index (χ3v) is 7.60. The van der Waals surface area contributed by atoms with Crippen LogP contribution in [0.2, 0.25) is 10.0 Å². The topological polar surface area (TPSA) is 59.4 Å². The van der Waals surface area contributed by atoms with Crippen LogP contribution in [0.3, 0.4) is 0 Å². The fraction of sp³-hybridized carbons (Fsp3) is 0.290. The Labute approximate surface area is 239 Å². The number of hydrogen-bond acceptors (Lipinski definition) is 4. The van der Waals surface area contributed by atoms with E-state index in [0.717, 1.165) is 25.8 Å². The Morgan fingerprint density at radius 3 is 2.36 bits per heavy atom. The summed E-state index contributed by atoms with van der Waals surface area (Å²) >= 11 is 12.7. The Bertz CT molecular complexity index is 1400. The number of piperidine rings is 1. The molecule has 1 aliphatic rings. The molecule has 1 fully saturated rings. The highest BCUT2D eigenvalue weighted by atomic mass is 35.5. The minimum Gasteiger partial charge on any atom is -0.439 e. The first-order valence-corrected chi connectivity index (χ1v) is 14.2. The highest BCUT2D eigenvalue weighted by Gasteiger charge is 2.31. The second-order valence-corrected chi connectivity index (χ2v) is 10.5. The molecule has 1 aliphatic heterocycles. The summed E-state index contributed by atoms with van der Waals surface area (Å²) in [6.45, 7) is 4.68. The Kier molecular flexibility index (Phi) is 8.87. The van der Waals surface area contributed by atoms with Crippen LogP contribution < -0.4 is 10.1 Å². The Morgan fingerprint density at radius 1 is 0.974 bits per heavy atom. The molecule has 0 radical (unpaired) electrons. The Hall–Kier alpha value is -3.32. The molecule has 4 aromatic rings. The number of nitrogens with one attached hydrogen (secondary N) is 1. The average molecular weight is 564 g/mol. The fourth-order valence-corrected chi connectivity index (χ4v) is 5.29. The van der Waals surface area contributed by atoms with Crippen molar-refractivity contribution >= 4 is 29.1 Å². The summed E-state index contributed by atoms with van der Waals surface area (Å²) in [4.78, 5) is 15.9. The van der Waals surface area contributed by atoms with Crippen molar-refractivity contribution in [2.45, 2.75) is 38.6 Å². The highest BCUT2D eigenvalue weighted by Crippen LogP contribution is 2.35. The average Bonchev–Trinajstić information content (AvgIpc) is 3.32. The molecule has 2 heterocycles. The van der Waals surface area contributed by atoms with Crippen molar-refractivity contribution < 1.29 is 9.53 Å². The van der Waals surface area contributed by atoms with Crippen LogP contribution in [0, 0.1) is 0 Å². The van der Waals surface area contributed by atoms with Gasteiger partial charge in [-0.25, -0.2) is 0 Å². The van der Waals surface area contributed by atoms with E-state index in [0.29, 0.717) is 64.2 Å². The van der Waals surface area contributed by atoms with E-state index in [1.54, 1.807) is 35.0 Å². The van der Waals surface area contributed by atoms with Gasteiger partial charge in [0.15, 0.2) is 5.69 Å². The van der Waals surface area contributed by atoms with E-state index < -0.39 is 0 Å². The molecule has 0 unspecified atom stereocenters. The zero-order valence-corrected chi connectivity index (χ0v) is 23.5. The number of halogens is 2. The predicted octanol–water partition coefficient (Wildman–Crippen LogP) is 7.49. The number of ether oxygens (including phenoxy) is 1. The molecule has 0 aliphatic carbocycles. The molecular weight excluding hydrogens is 531 g/mol. The van der Waals surface area contributed by atoms with Gasteiger partial charge in [-0.15, -0.1) is 0 Å². The molecular formula is C31H32Cl2N4O2. The molecule has 1 saturated heterocycles. The van der Waals surface area contributed by atoms with Gasteiger partial charge in [0, 0.05) is 24.7 Å². The van der Waals surface area contributed by atoms with Gasteiger partial charge in [-0.2, -0.15) is 9.78 Å². The largest absolute Gasteiger partial charge is 0.439 e. The van der Waals surface area contributed by atoms with Crippen molar-refractivity contribution in [1.82, 2.24) is 20.0 Å². The molecule has 1 amide bonds. The number of nitrogens with zero attached hydrogens (tertiary/aromatic N) is 3. The molecule has 39 heavy (non-hydrogen) atoms. The van der Waals surface area contributed by atoms with Gasteiger partial charge in [-0.1, -0.05) is 72.6 Å². The van der Waals surface area contributed by atoms with Crippen LogP contribution >= 0.6 is 23.2 Å². The molecule has 202 valence electrons. The first-order valence-electron chi connectivity index (χ1n) is 13.4. The van der Waals surface area contributed by atoms with Crippen molar-refractivity contribution in [3.05, 3.63) is 106 Å². The van der Waals surface area contributed by atoms with Crippen LogP contribution in [0.15, 0.2) is 78.9 Å². The summed E-state index contributed by atoms with van der Waals surface area (Å²) < 4.78 is 8.04. The van der Waals surface area contributed by atoms with Gasteiger partial charge in [-0.05, 0) is 73.7 Å².